The summed E-state index contributed by atoms with van der Waals surface area (Å²) in [6.07, 6.45) is 0. The lowest BCUT2D eigenvalue weighted by Gasteiger charge is -2.20. The van der Waals surface area contributed by atoms with Crippen molar-refractivity contribution in [2.24, 2.45) is 0 Å². The summed E-state index contributed by atoms with van der Waals surface area (Å²) in [5.41, 5.74) is 0.348. The average molecular weight is 313 g/mol. The first-order valence-corrected chi connectivity index (χ1v) is 7.44. The molecular formula is C14H13F2NO3S. The van der Waals surface area contributed by atoms with Crippen molar-refractivity contribution in [2.75, 3.05) is 11.4 Å². The highest BCUT2D eigenvalue weighted by Crippen LogP contribution is 2.25. The molecule has 4 nitrogen and oxygen atoms in total. The molecule has 2 aromatic rings. The van der Waals surface area contributed by atoms with Crippen molar-refractivity contribution in [3.63, 3.8) is 0 Å². The Balaban J connectivity index is 2.47. The molecular weight excluding hydrogens is 300 g/mol. The first-order chi connectivity index (χ1) is 9.86. The van der Waals surface area contributed by atoms with Crippen molar-refractivity contribution in [3.8, 4) is 0 Å². The van der Waals surface area contributed by atoms with Crippen LogP contribution in [-0.2, 0) is 16.6 Å². The smallest absolute Gasteiger partial charge is 0.266 e. The fourth-order valence-corrected chi connectivity index (χ4v) is 3.04. The van der Waals surface area contributed by atoms with Gasteiger partial charge < -0.3 is 5.11 Å². The van der Waals surface area contributed by atoms with E-state index in [2.05, 4.69) is 0 Å². The molecule has 2 rings (SSSR count). The highest BCUT2D eigenvalue weighted by atomic mass is 32.2. The number of anilines is 1. The zero-order valence-electron chi connectivity index (χ0n) is 11.1. The molecule has 0 unspecified atom stereocenters. The highest BCUT2D eigenvalue weighted by Gasteiger charge is 2.25. The van der Waals surface area contributed by atoms with E-state index < -0.39 is 33.2 Å². The van der Waals surface area contributed by atoms with Crippen LogP contribution in [0.1, 0.15) is 5.56 Å². The number of halogens is 2. The Morgan fingerprint density at radius 2 is 1.86 bits per heavy atom. The quantitative estimate of drug-likeness (QED) is 0.942. The molecule has 0 saturated heterocycles. The second-order valence-corrected chi connectivity index (χ2v) is 6.31. The normalized spacial score (nSPS) is 11.4. The lowest BCUT2D eigenvalue weighted by atomic mass is 10.2. The number of nitrogens with zero attached hydrogens (tertiary/aromatic N) is 1. The monoisotopic (exact) mass is 313 g/mol. The number of aliphatic hydroxyl groups excluding tert-OH is 1. The standard InChI is InChI=1S/C14H13F2NO3S/c1-17(12-4-2-3-11(15)8-12)21(19,20)14-6-5-10(9-18)7-13(14)16/h2-8,18H,9H2,1H3. The lowest BCUT2D eigenvalue weighted by molar-refractivity contribution is 0.281. The number of benzene rings is 2. The van der Waals surface area contributed by atoms with E-state index in [4.69, 9.17) is 5.11 Å². The van der Waals surface area contributed by atoms with Gasteiger partial charge in [0, 0.05) is 7.05 Å². The van der Waals surface area contributed by atoms with E-state index in [9.17, 15) is 17.2 Å². The van der Waals surface area contributed by atoms with Crippen LogP contribution < -0.4 is 4.31 Å². The minimum absolute atomic E-state index is 0.0839. The zero-order valence-corrected chi connectivity index (χ0v) is 11.9. The minimum atomic E-state index is -4.15. The van der Waals surface area contributed by atoms with Crippen LogP contribution in [0.15, 0.2) is 47.4 Å². The first-order valence-electron chi connectivity index (χ1n) is 6.00. The predicted octanol–water partition coefficient (Wildman–Crippen LogP) is 2.28. The third kappa shape index (κ3) is 3.03. The second kappa shape index (κ2) is 5.79. The van der Waals surface area contributed by atoms with Crippen LogP contribution >= 0.6 is 0 Å². The molecule has 0 aliphatic heterocycles. The molecule has 0 radical (unpaired) electrons. The van der Waals surface area contributed by atoms with Crippen molar-refractivity contribution < 1.29 is 22.3 Å². The van der Waals surface area contributed by atoms with E-state index in [0.717, 1.165) is 22.5 Å². The molecule has 2 aromatic carbocycles. The molecule has 112 valence electrons. The maximum absolute atomic E-state index is 13.9. The molecule has 0 atom stereocenters. The molecule has 0 heterocycles. The molecule has 0 bridgehead atoms. The van der Waals surface area contributed by atoms with Crippen molar-refractivity contribution in [2.45, 2.75) is 11.5 Å². The van der Waals surface area contributed by atoms with Crippen molar-refractivity contribution in [1.82, 2.24) is 0 Å². The molecule has 0 aliphatic rings. The topological polar surface area (TPSA) is 57.6 Å². The van der Waals surface area contributed by atoms with Crippen molar-refractivity contribution >= 4 is 15.7 Å². The number of hydrogen-bond donors (Lipinski definition) is 1. The molecule has 21 heavy (non-hydrogen) atoms. The minimum Gasteiger partial charge on any atom is -0.392 e. The Morgan fingerprint density at radius 3 is 2.43 bits per heavy atom. The van der Waals surface area contributed by atoms with Gasteiger partial charge in [0.05, 0.1) is 12.3 Å². The molecule has 7 heteroatoms. The van der Waals surface area contributed by atoms with Gasteiger partial charge >= 0.3 is 0 Å². The van der Waals surface area contributed by atoms with Gasteiger partial charge in [-0.3, -0.25) is 4.31 Å². The second-order valence-electron chi connectivity index (χ2n) is 4.38. The summed E-state index contributed by atoms with van der Waals surface area (Å²) in [5, 5.41) is 8.91. The Bertz CT molecular complexity index is 763. The molecule has 0 aliphatic carbocycles. The molecule has 0 spiro atoms. The van der Waals surface area contributed by atoms with E-state index in [1.165, 1.54) is 31.3 Å². The van der Waals surface area contributed by atoms with Crippen molar-refractivity contribution in [1.29, 1.82) is 0 Å². The van der Waals surface area contributed by atoms with E-state index in [1.54, 1.807) is 0 Å². The van der Waals surface area contributed by atoms with Crippen LogP contribution in [0.5, 0.6) is 0 Å². The van der Waals surface area contributed by atoms with E-state index in [1.807, 2.05) is 0 Å². The lowest BCUT2D eigenvalue weighted by Crippen LogP contribution is -2.27. The Kier molecular flexibility index (Phi) is 4.24. The maximum atomic E-state index is 13.9. The number of sulfonamides is 1. The summed E-state index contributed by atoms with van der Waals surface area (Å²) in [6.45, 7) is -0.392. The van der Waals surface area contributed by atoms with Crippen LogP contribution in [0.4, 0.5) is 14.5 Å². The SMILES string of the molecule is CN(c1cccc(F)c1)S(=O)(=O)c1ccc(CO)cc1F. The van der Waals surface area contributed by atoms with Crippen LogP contribution in [-0.4, -0.2) is 20.6 Å². The molecule has 0 aromatic heterocycles. The van der Waals surface area contributed by atoms with Gasteiger partial charge in [0.1, 0.15) is 16.5 Å². The van der Waals surface area contributed by atoms with Crippen LogP contribution in [0.25, 0.3) is 0 Å². The fourth-order valence-electron chi connectivity index (χ4n) is 1.81. The summed E-state index contributed by atoms with van der Waals surface area (Å²) in [7, 11) is -2.94. The largest absolute Gasteiger partial charge is 0.392 e. The van der Waals surface area contributed by atoms with Crippen molar-refractivity contribution in [3.05, 3.63) is 59.7 Å². The zero-order chi connectivity index (χ0) is 15.6. The number of hydrogen-bond acceptors (Lipinski definition) is 3. The van der Waals surface area contributed by atoms with Gasteiger partial charge in [0.2, 0.25) is 0 Å². The fraction of sp³-hybridized carbons (Fsp3) is 0.143. The maximum Gasteiger partial charge on any atom is 0.266 e. The Labute approximate surface area is 121 Å². The van der Waals surface area contributed by atoms with E-state index in [0.29, 0.717) is 0 Å². The number of rotatable bonds is 4. The predicted molar refractivity (Wildman–Crippen MR) is 74.3 cm³/mol. The van der Waals surface area contributed by atoms with Gasteiger partial charge in [-0.15, -0.1) is 0 Å². The summed E-state index contributed by atoms with van der Waals surface area (Å²) in [4.78, 5) is -0.536. The molecule has 0 fully saturated rings. The Hall–Kier alpha value is -1.99. The van der Waals surface area contributed by atoms with Gasteiger partial charge in [0.15, 0.2) is 0 Å². The average Bonchev–Trinajstić information content (AvgIpc) is 2.45. The highest BCUT2D eigenvalue weighted by molar-refractivity contribution is 7.92. The molecule has 1 N–H and O–H groups in total. The van der Waals surface area contributed by atoms with Gasteiger partial charge in [-0.25, -0.2) is 17.2 Å². The van der Waals surface area contributed by atoms with Crippen LogP contribution in [0.2, 0.25) is 0 Å². The summed E-state index contributed by atoms with van der Waals surface area (Å²) < 4.78 is 52.6. The van der Waals surface area contributed by atoms with Crippen LogP contribution in [0.3, 0.4) is 0 Å². The summed E-state index contributed by atoms with van der Waals surface area (Å²) in [5.74, 6) is -1.56. The summed E-state index contributed by atoms with van der Waals surface area (Å²) >= 11 is 0. The van der Waals surface area contributed by atoms with Gasteiger partial charge in [-0.1, -0.05) is 12.1 Å². The van der Waals surface area contributed by atoms with Gasteiger partial charge in [0.25, 0.3) is 10.0 Å². The molecule has 0 amide bonds. The van der Waals surface area contributed by atoms with E-state index >= 15 is 0 Å². The third-order valence-electron chi connectivity index (χ3n) is 2.99. The third-order valence-corrected chi connectivity index (χ3v) is 4.81. The first kappa shape index (κ1) is 15.4. The van der Waals surface area contributed by atoms with E-state index in [-0.39, 0.29) is 11.3 Å². The summed E-state index contributed by atoms with van der Waals surface area (Å²) in [6, 6.07) is 8.33. The van der Waals surface area contributed by atoms with Crippen LogP contribution in [0, 0.1) is 11.6 Å². The van der Waals surface area contributed by atoms with Gasteiger partial charge in [-0.05, 0) is 35.9 Å². The number of aliphatic hydroxyl groups is 1. The Morgan fingerprint density at radius 1 is 1.14 bits per heavy atom. The van der Waals surface area contributed by atoms with Gasteiger partial charge in [-0.2, -0.15) is 0 Å². The molecule has 0 saturated carbocycles.